The van der Waals surface area contributed by atoms with Crippen molar-refractivity contribution in [3.63, 3.8) is 0 Å². The van der Waals surface area contributed by atoms with Crippen molar-refractivity contribution in [2.24, 2.45) is 0 Å². The largest absolute Gasteiger partial charge is 0.245 e. The first-order valence-electron chi connectivity index (χ1n) is 5.55. The predicted molar refractivity (Wildman–Crippen MR) is 63.7 cm³/mol. The molecule has 0 N–H and O–H groups in total. The summed E-state index contributed by atoms with van der Waals surface area (Å²) in [6, 6.07) is 3.89. The number of rotatable bonds is 2. The summed E-state index contributed by atoms with van der Waals surface area (Å²) < 4.78 is 0. The van der Waals surface area contributed by atoms with Gasteiger partial charge in [-0.3, -0.25) is 0 Å². The van der Waals surface area contributed by atoms with Crippen molar-refractivity contribution < 1.29 is 0 Å². The standard InChI is InChI=1S/C11H14N2.C2H6/c1-4-8(2)11-7-13-10(6-12)5-9(11)3;1-2/h5,7-8H,4H2,1-3H3;1-2H3. The summed E-state index contributed by atoms with van der Waals surface area (Å²) in [7, 11) is 0. The van der Waals surface area contributed by atoms with E-state index < -0.39 is 0 Å². The minimum absolute atomic E-state index is 0.504. The average Bonchev–Trinajstić information content (AvgIpc) is 2.30. The quantitative estimate of drug-likeness (QED) is 0.734. The minimum Gasteiger partial charge on any atom is -0.245 e. The first-order chi connectivity index (χ1) is 7.19. The third-order valence-electron chi connectivity index (χ3n) is 2.41. The Morgan fingerprint density at radius 3 is 2.47 bits per heavy atom. The maximum absolute atomic E-state index is 8.64. The van der Waals surface area contributed by atoms with Gasteiger partial charge in [0.1, 0.15) is 11.8 Å². The molecule has 1 atom stereocenters. The molecule has 0 spiro atoms. The summed E-state index contributed by atoms with van der Waals surface area (Å²) in [5, 5.41) is 8.64. The maximum atomic E-state index is 8.64. The molecule has 1 aromatic heterocycles. The Balaban J connectivity index is 0.000000921. The SMILES string of the molecule is CC.CCC(C)c1cnc(C#N)cc1C. The van der Waals surface area contributed by atoms with Crippen LogP contribution in [0.2, 0.25) is 0 Å². The van der Waals surface area contributed by atoms with Gasteiger partial charge >= 0.3 is 0 Å². The second kappa shape index (κ2) is 7.00. The van der Waals surface area contributed by atoms with Gasteiger partial charge in [0.05, 0.1) is 0 Å². The number of hydrogen-bond acceptors (Lipinski definition) is 2. The molecule has 1 aromatic rings. The highest BCUT2D eigenvalue weighted by Crippen LogP contribution is 2.21. The van der Waals surface area contributed by atoms with Crippen LogP contribution in [0.4, 0.5) is 0 Å². The third-order valence-corrected chi connectivity index (χ3v) is 2.41. The molecule has 0 aliphatic rings. The van der Waals surface area contributed by atoms with E-state index in [1.807, 2.05) is 39.1 Å². The zero-order chi connectivity index (χ0) is 11.8. The van der Waals surface area contributed by atoms with Crippen LogP contribution in [-0.4, -0.2) is 4.98 Å². The topological polar surface area (TPSA) is 36.7 Å². The average molecular weight is 204 g/mol. The lowest BCUT2D eigenvalue weighted by Crippen LogP contribution is -1.97. The van der Waals surface area contributed by atoms with Crippen LogP contribution in [-0.2, 0) is 0 Å². The van der Waals surface area contributed by atoms with E-state index in [1.54, 1.807) is 0 Å². The summed E-state index contributed by atoms with van der Waals surface area (Å²) >= 11 is 0. The molecule has 1 heterocycles. The molecular formula is C13H20N2. The predicted octanol–water partition coefficient (Wildman–Crippen LogP) is 3.80. The molecular weight excluding hydrogens is 184 g/mol. The van der Waals surface area contributed by atoms with Gasteiger partial charge in [-0.15, -0.1) is 0 Å². The Morgan fingerprint density at radius 1 is 1.47 bits per heavy atom. The Morgan fingerprint density at radius 2 is 2.07 bits per heavy atom. The molecule has 0 saturated heterocycles. The van der Waals surface area contributed by atoms with E-state index in [2.05, 4.69) is 18.8 Å². The zero-order valence-electron chi connectivity index (χ0n) is 10.3. The van der Waals surface area contributed by atoms with E-state index in [4.69, 9.17) is 5.26 Å². The first kappa shape index (κ1) is 13.6. The van der Waals surface area contributed by atoms with Crippen LogP contribution in [0.15, 0.2) is 12.3 Å². The monoisotopic (exact) mass is 204 g/mol. The molecule has 0 aliphatic heterocycles. The van der Waals surface area contributed by atoms with Crippen LogP contribution in [0.1, 0.15) is 56.9 Å². The highest BCUT2D eigenvalue weighted by atomic mass is 14.7. The zero-order valence-corrected chi connectivity index (χ0v) is 10.3. The van der Waals surface area contributed by atoms with Gasteiger partial charge in [-0.25, -0.2) is 4.98 Å². The van der Waals surface area contributed by atoms with Crippen LogP contribution in [0, 0.1) is 18.3 Å². The molecule has 15 heavy (non-hydrogen) atoms. The number of aryl methyl sites for hydroxylation is 1. The lowest BCUT2D eigenvalue weighted by molar-refractivity contribution is 0.723. The number of pyridine rings is 1. The molecule has 0 aliphatic carbocycles. The first-order valence-corrected chi connectivity index (χ1v) is 5.55. The summed E-state index contributed by atoms with van der Waals surface area (Å²) in [6.07, 6.45) is 2.93. The summed E-state index contributed by atoms with van der Waals surface area (Å²) in [5.41, 5.74) is 2.92. The fourth-order valence-corrected chi connectivity index (χ4v) is 1.36. The van der Waals surface area contributed by atoms with E-state index in [0.717, 1.165) is 6.42 Å². The number of hydrogen-bond donors (Lipinski definition) is 0. The molecule has 0 saturated carbocycles. The van der Waals surface area contributed by atoms with Gasteiger partial charge in [-0.1, -0.05) is 27.7 Å². The van der Waals surface area contributed by atoms with Crippen molar-refractivity contribution in [3.05, 3.63) is 29.1 Å². The Kier molecular flexibility index (Phi) is 6.37. The highest BCUT2D eigenvalue weighted by Gasteiger charge is 2.07. The number of aromatic nitrogens is 1. The molecule has 82 valence electrons. The molecule has 0 radical (unpaired) electrons. The van der Waals surface area contributed by atoms with E-state index >= 15 is 0 Å². The van der Waals surface area contributed by atoms with Crippen molar-refractivity contribution in [3.8, 4) is 6.07 Å². The molecule has 0 aromatic carbocycles. The second-order valence-electron chi connectivity index (χ2n) is 3.35. The van der Waals surface area contributed by atoms with Crippen molar-refractivity contribution >= 4 is 0 Å². The third kappa shape index (κ3) is 3.71. The van der Waals surface area contributed by atoms with Crippen LogP contribution in [0.5, 0.6) is 0 Å². The summed E-state index contributed by atoms with van der Waals surface area (Å²) in [5.74, 6) is 0.528. The van der Waals surface area contributed by atoms with Crippen molar-refractivity contribution in [1.29, 1.82) is 5.26 Å². The van der Waals surface area contributed by atoms with Crippen molar-refractivity contribution in [1.82, 2.24) is 4.98 Å². The van der Waals surface area contributed by atoms with E-state index in [9.17, 15) is 0 Å². The lowest BCUT2D eigenvalue weighted by Gasteiger charge is -2.11. The molecule has 2 nitrogen and oxygen atoms in total. The van der Waals surface area contributed by atoms with Crippen molar-refractivity contribution in [2.45, 2.75) is 47.0 Å². The fraction of sp³-hybridized carbons (Fsp3) is 0.538. The van der Waals surface area contributed by atoms with Gasteiger partial charge in [-0.2, -0.15) is 5.26 Å². The van der Waals surface area contributed by atoms with E-state index in [0.29, 0.717) is 11.6 Å². The maximum Gasteiger partial charge on any atom is 0.140 e. The van der Waals surface area contributed by atoms with Crippen molar-refractivity contribution in [2.75, 3.05) is 0 Å². The molecule has 0 bridgehead atoms. The van der Waals surface area contributed by atoms with Gasteiger partial charge in [0, 0.05) is 6.20 Å². The van der Waals surface area contributed by atoms with Gasteiger partial charge in [0.2, 0.25) is 0 Å². The normalized spacial score (nSPS) is 10.9. The second-order valence-corrected chi connectivity index (χ2v) is 3.35. The fourth-order valence-electron chi connectivity index (χ4n) is 1.36. The van der Waals surface area contributed by atoms with Gasteiger partial charge in [0.25, 0.3) is 0 Å². The Labute approximate surface area is 93.0 Å². The van der Waals surface area contributed by atoms with Crippen LogP contribution in [0.25, 0.3) is 0 Å². The van der Waals surface area contributed by atoms with Crippen LogP contribution < -0.4 is 0 Å². The van der Waals surface area contributed by atoms with Crippen LogP contribution >= 0.6 is 0 Å². The minimum atomic E-state index is 0.504. The van der Waals surface area contributed by atoms with Gasteiger partial charge < -0.3 is 0 Å². The Hall–Kier alpha value is -1.36. The van der Waals surface area contributed by atoms with E-state index in [1.165, 1.54) is 11.1 Å². The lowest BCUT2D eigenvalue weighted by atomic mass is 9.96. The van der Waals surface area contributed by atoms with Gasteiger partial charge in [0.15, 0.2) is 0 Å². The van der Waals surface area contributed by atoms with Crippen LogP contribution in [0.3, 0.4) is 0 Å². The smallest absolute Gasteiger partial charge is 0.140 e. The number of nitriles is 1. The molecule has 0 amide bonds. The molecule has 1 unspecified atom stereocenters. The summed E-state index contributed by atoms with van der Waals surface area (Å²) in [6.45, 7) is 10.4. The highest BCUT2D eigenvalue weighted by molar-refractivity contribution is 5.32. The molecule has 2 heteroatoms. The van der Waals surface area contributed by atoms with E-state index in [-0.39, 0.29) is 0 Å². The molecule has 0 fully saturated rings. The number of nitrogens with zero attached hydrogens (tertiary/aromatic N) is 2. The summed E-state index contributed by atoms with van der Waals surface area (Å²) in [4.78, 5) is 4.07. The molecule has 1 rings (SSSR count). The van der Waals surface area contributed by atoms with Gasteiger partial charge in [-0.05, 0) is 36.5 Å². The Bertz CT molecular complexity index is 337.